The highest BCUT2D eigenvalue weighted by Crippen LogP contribution is 2.24. The summed E-state index contributed by atoms with van der Waals surface area (Å²) in [5.74, 6) is 0. The molecule has 0 saturated carbocycles. The van der Waals surface area contributed by atoms with Crippen LogP contribution in [0.15, 0.2) is 17.2 Å². The van der Waals surface area contributed by atoms with Crippen molar-refractivity contribution in [3.05, 3.63) is 18.0 Å². The molecule has 3 N–H and O–H groups in total. The van der Waals surface area contributed by atoms with E-state index in [2.05, 4.69) is 4.98 Å². The smallest absolute Gasteiger partial charge is 0.244 e. The van der Waals surface area contributed by atoms with Crippen LogP contribution in [0.25, 0.3) is 0 Å². The van der Waals surface area contributed by atoms with Crippen LogP contribution in [0.2, 0.25) is 0 Å². The normalized spacial score (nSPS) is 24.9. The van der Waals surface area contributed by atoms with Crippen LogP contribution in [0.4, 0.5) is 0 Å². The molecular weight excluding hydrogens is 254 g/mol. The fourth-order valence-corrected chi connectivity index (χ4v) is 3.69. The third-order valence-electron chi connectivity index (χ3n) is 3.42. The Labute approximate surface area is 107 Å². The van der Waals surface area contributed by atoms with Crippen molar-refractivity contribution in [2.24, 2.45) is 5.73 Å². The van der Waals surface area contributed by atoms with E-state index in [0.717, 1.165) is 6.42 Å². The number of hydrogen-bond acceptors (Lipinski definition) is 4. The number of H-pyrrole nitrogens is 1. The van der Waals surface area contributed by atoms with Gasteiger partial charge in [-0.25, -0.2) is 8.42 Å². The molecule has 1 aromatic rings. The van der Waals surface area contributed by atoms with Crippen LogP contribution >= 0.6 is 0 Å². The van der Waals surface area contributed by atoms with Crippen molar-refractivity contribution in [1.82, 2.24) is 9.29 Å². The maximum Gasteiger partial charge on any atom is 0.244 e. The molecule has 2 atom stereocenters. The molecule has 2 heterocycles. The van der Waals surface area contributed by atoms with Crippen LogP contribution in [0.3, 0.4) is 0 Å². The Balaban J connectivity index is 2.24. The van der Waals surface area contributed by atoms with E-state index in [9.17, 15) is 8.42 Å². The zero-order chi connectivity index (χ0) is 13.3. The van der Waals surface area contributed by atoms with Gasteiger partial charge in [0, 0.05) is 32.1 Å². The number of nitrogens with zero attached hydrogens (tertiary/aromatic N) is 1. The Bertz CT molecular complexity index is 511. The van der Waals surface area contributed by atoms with Crippen LogP contribution in [-0.2, 0) is 21.3 Å². The number of rotatable bonds is 4. The Morgan fingerprint density at radius 1 is 1.61 bits per heavy atom. The first-order chi connectivity index (χ1) is 8.46. The molecule has 1 fully saturated rings. The van der Waals surface area contributed by atoms with E-state index in [1.54, 1.807) is 13.1 Å². The van der Waals surface area contributed by atoms with Crippen molar-refractivity contribution in [3.8, 4) is 0 Å². The molecule has 18 heavy (non-hydrogen) atoms. The van der Waals surface area contributed by atoms with Crippen LogP contribution < -0.4 is 5.73 Å². The Kier molecular flexibility index (Phi) is 3.76. The predicted molar refractivity (Wildman–Crippen MR) is 67.5 cm³/mol. The molecule has 6 nitrogen and oxygen atoms in total. The van der Waals surface area contributed by atoms with Gasteiger partial charge in [0.25, 0.3) is 0 Å². The molecule has 0 radical (unpaired) electrons. The van der Waals surface area contributed by atoms with E-state index in [1.165, 1.54) is 10.5 Å². The van der Waals surface area contributed by atoms with E-state index in [4.69, 9.17) is 10.5 Å². The molecule has 102 valence electrons. The fraction of sp³-hybridized carbons (Fsp3) is 0.636. The first kappa shape index (κ1) is 13.5. The van der Waals surface area contributed by atoms with Crippen molar-refractivity contribution >= 4 is 10.0 Å². The molecular formula is C11H19N3O3S. The second kappa shape index (κ2) is 5.00. The summed E-state index contributed by atoms with van der Waals surface area (Å²) >= 11 is 0. The molecule has 2 unspecified atom stereocenters. The average Bonchev–Trinajstić information content (AvgIpc) is 2.96. The number of hydrogen-bond donors (Lipinski definition) is 2. The van der Waals surface area contributed by atoms with Crippen molar-refractivity contribution in [3.63, 3.8) is 0 Å². The summed E-state index contributed by atoms with van der Waals surface area (Å²) in [6.07, 6.45) is 2.14. The molecule has 2 rings (SSSR count). The monoisotopic (exact) mass is 273 g/mol. The SMILES string of the molecule is CC1OCCC1N(C)S(=O)(=O)c1c[nH]c(CN)c1. The van der Waals surface area contributed by atoms with E-state index >= 15 is 0 Å². The summed E-state index contributed by atoms with van der Waals surface area (Å²) in [5, 5.41) is 0. The average molecular weight is 273 g/mol. The third-order valence-corrected chi connectivity index (χ3v) is 5.28. The Morgan fingerprint density at radius 3 is 2.83 bits per heavy atom. The van der Waals surface area contributed by atoms with Gasteiger partial charge in [0.1, 0.15) is 0 Å². The van der Waals surface area contributed by atoms with Crippen molar-refractivity contribution in [2.75, 3.05) is 13.7 Å². The lowest BCUT2D eigenvalue weighted by Crippen LogP contribution is -2.40. The zero-order valence-electron chi connectivity index (χ0n) is 10.6. The molecule has 0 aliphatic carbocycles. The van der Waals surface area contributed by atoms with E-state index in [1.807, 2.05) is 6.92 Å². The number of aromatic amines is 1. The number of sulfonamides is 1. The number of nitrogens with one attached hydrogen (secondary N) is 1. The largest absolute Gasteiger partial charge is 0.377 e. The lowest BCUT2D eigenvalue weighted by molar-refractivity contribution is 0.102. The maximum atomic E-state index is 12.4. The summed E-state index contributed by atoms with van der Waals surface area (Å²) in [6, 6.07) is 1.47. The second-order valence-corrected chi connectivity index (χ2v) is 6.52. The van der Waals surface area contributed by atoms with Gasteiger partial charge in [-0.1, -0.05) is 0 Å². The van der Waals surface area contributed by atoms with Crippen LogP contribution in [0.1, 0.15) is 19.0 Å². The van der Waals surface area contributed by atoms with Gasteiger partial charge in [0.15, 0.2) is 0 Å². The third kappa shape index (κ3) is 2.31. The summed E-state index contributed by atoms with van der Waals surface area (Å²) in [4.78, 5) is 3.11. The van der Waals surface area contributed by atoms with E-state index in [0.29, 0.717) is 18.8 Å². The van der Waals surface area contributed by atoms with Gasteiger partial charge in [0.05, 0.1) is 17.0 Å². The van der Waals surface area contributed by atoms with Gasteiger partial charge < -0.3 is 15.5 Å². The standard InChI is InChI=1S/C11H19N3O3S/c1-8-11(3-4-17-8)14(2)18(15,16)10-5-9(6-12)13-7-10/h5,7-8,11,13H,3-4,6,12H2,1-2H3. The molecule has 1 aliphatic rings. The first-order valence-electron chi connectivity index (χ1n) is 5.94. The van der Waals surface area contributed by atoms with Crippen molar-refractivity contribution < 1.29 is 13.2 Å². The molecule has 1 saturated heterocycles. The van der Waals surface area contributed by atoms with Gasteiger partial charge in [-0.2, -0.15) is 4.31 Å². The minimum absolute atomic E-state index is 0.0716. The van der Waals surface area contributed by atoms with Gasteiger partial charge >= 0.3 is 0 Å². The lowest BCUT2D eigenvalue weighted by Gasteiger charge is -2.25. The minimum Gasteiger partial charge on any atom is -0.377 e. The highest BCUT2D eigenvalue weighted by molar-refractivity contribution is 7.89. The Morgan fingerprint density at radius 2 is 2.33 bits per heavy atom. The molecule has 0 spiro atoms. The summed E-state index contributed by atoms with van der Waals surface area (Å²) < 4.78 is 31.6. The Hall–Kier alpha value is -0.890. The highest BCUT2D eigenvalue weighted by atomic mass is 32.2. The van der Waals surface area contributed by atoms with Crippen LogP contribution in [-0.4, -0.2) is 43.5 Å². The van der Waals surface area contributed by atoms with Crippen molar-refractivity contribution in [1.29, 1.82) is 0 Å². The molecule has 1 aromatic heterocycles. The van der Waals surface area contributed by atoms with Crippen LogP contribution in [0.5, 0.6) is 0 Å². The van der Waals surface area contributed by atoms with Crippen LogP contribution in [0, 0.1) is 0 Å². The number of nitrogens with two attached hydrogens (primary N) is 1. The number of aromatic nitrogens is 1. The minimum atomic E-state index is -3.48. The molecule has 0 bridgehead atoms. The highest BCUT2D eigenvalue weighted by Gasteiger charge is 2.35. The topological polar surface area (TPSA) is 88.4 Å². The summed E-state index contributed by atoms with van der Waals surface area (Å²) in [7, 11) is -1.88. The maximum absolute atomic E-state index is 12.4. The van der Waals surface area contributed by atoms with Gasteiger partial charge in [-0.15, -0.1) is 0 Å². The van der Waals surface area contributed by atoms with Crippen molar-refractivity contribution in [2.45, 2.75) is 36.9 Å². The van der Waals surface area contributed by atoms with E-state index < -0.39 is 10.0 Å². The summed E-state index contributed by atoms with van der Waals surface area (Å²) in [6.45, 7) is 2.79. The lowest BCUT2D eigenvalue weighted by atomic mass is 10.2. The number of likely N-dealkylation sites (N-methyl/N-ethyl adjacent to an activating group) is 1. The predicted octanol–water partition coefficient (Wildman–Crippen LogP) is 0.271. The molecule has 0 amide bonds. The first-order valence-corrected chi connectivity index (χ1v) is 7.38. The molecule has 7 heteroatoms. The van der Waals surface area contributed by atoms with Gasteiger partial charge in [0.2, 0.25) is 10.0 Å². The second-order valence-electron chi connectivity index (χ2n) is 4.52. The zero-order valence-corrected chi connectivity index (χ0v) is 11.4. The summed E-state index contributed by atoms with van der Waals surface area (Å²) in [5.41, 5.74) is 6.17. The van der Waals surface area contributed by atoms with Gasteiger partial charge in [-0.05, 0) is 19.4 Å². The molecule has 0 aromatic carbocycles. The molecule has 1 aliphatic heterocycles. The van der Waals surface area contributed by atoms with Gasteiger partial charge in [-0.3, -0.25) is 0 Å². The quantitative estimate of drug-likeness (QED) is 0.824. The van der Waals surface area contributed by atoms with E-state index in [-0.39, 0.29) is 17.0 Å². The number of ether oxygens (including phenoxy) is 1. The fourth-order valence-electron chi connectivity index (χ4n) is 2.23.